The van der Waals surface area contributed by atoms with Crippen LogP contribution in [0.5, 0.6) is 11.5 Å². The molecule has 0 saturated heterocycles. The van der Waals surface area contributed by atoms with Crippen molar-refractivity contribution in [3.05, 3.63) is 52.8 Å². The third-order valence-electron chi connectivity index (χ3n) is 3.28. The van der Waals surface area contributed by atoms with Crippen LogP contribution in [0.1, 0.15) is 12.0 Å². The number of hydrogen-bond donors (Lipinski definition) is 0. The maximum atomic E-state index is 13.5. The minimum absolute atomic E-state index is 0.412. The van der Waals surface area contributed by atoms with Gasteiger partial charge in [0.05, 0.1) is 23.5 Å². The van der Waals surface area contributed by atoms with Crippen LogP contribution >= 0.6 is 12.0 Å². The van der Waals surface area contributed by atoms with Gasteiger partial charge in [-0.25, -0.2) is 13.2 Å². The van der Waals surface area contributed by atoms with E-state index in [2.05, 4.69) is 0 Å². The van der Waals surface area contributed by atoms with Gasteiger partial charge >= 0.3 is 0 Å². The smallest absolute Gasteiger partial charge is 0.215 e. The summed E-state index contributed by atoms with van der Waals surface area (Å²) in [4.78, 5) is 0.412. The molecule has 3 rings (SSSR count). The predicted molar refractivity (Wildman–Crippen MR) is 73.0 cm³/mol. The predicted octanol–water partition coefficient (Wildman–Crippen LogP) is 4.79. The van der Waals surface area contributed by atoms with E-state index in [-0.39, 0.29) is 0 Å². The van der Waals surface area contributed by atoms with Gasteiger partial charge in [-0.2, -0.15) is 8.78 Å². The summed E-state index contributed by atoms with van der Waals surface area (Å²) in [6, 6.07) is 4.97. The van der Waals surface area contributed by atoms with E-state index in [9.17, 15) is 22.0 Å². The fraction of sp³-hybridized carbons (Fsp3) is 0.200. The maximum Gasteiger partial charge on any atom is 0.215 e. The van der Waals surface area contributed by atoms with Crippen LogP contribution in [0.4, 0.5) is 22.0 Å². The van der Waals surface area contributed by atoms with E-state index < -0.39 is 34.8 Å². The Labute approximate surface area is 132 Å². The zero-order chi connectivity index (χ0) is 16.6. The molecule has 2 aromatic rings. The summed E-state index contributed by atoms with van der Waals surface area (Å²) >= 11 is 0.482. The molecule has 0 atom stereocenters. The van der Waals surface area contributed by atoms with Crippen LogP contribution < -0.4 is 8.92 Å². The molecule has 1 aliphatic rings. The van der Waals surface area contributed by atoms with Gasteiger partial charge in [-0.3, -0.25) is 0 Å². The van der Waals surface area contributed by atoms with Gasteiger partial charge in [-0.05, 0) is 30.5 Å². The minimum Gasteiger partial charge on any atom is -0.493 e. The summed E-state index contributed by atoms with van der Waals surface area (Å²) in [5.74, 6) is -11.1. The van der Waals surface area contributed by atoms with Gasteiger partial charge in [0.15, 0.2) is 0 Å². The number of rotatable bonds is 3. The molecule has 0 unspecified atom stereocenters. The van der Waals surface area contributed by atoms with Crippen LogP contribution in [0.25, 0.3) is 0 Å². The van der Waals surface area contributed by atoms with Gasteiger partial charge in [0.25, 0.3) is 0 Å². The topological polar surface area (TPSA) is 18.5 Å². The van der Waals surface area contributed by atoms with Crippen molar-refractivity contribution in [3.8, 4) is 11.5 Å². The van der Waals surface area contributed by atoms with Crippen molar-refractivity contribution in [3.63, 3.8) is 0 Å². The van der Waals surface area contributed by atoms with Crippen LogP contribution in [-0.2, 0) is 6.42 Å². The van der Waals surface area contributed by atoms with Crippen LogP contribution in [-0.4, -0.2) is 6.61 Å². The van der Waals surface area contributed by atoms with Gasteiger partial charge in [-0.15, -0.1) is 0 Å². The van der Waals surface area contributed by atoms with E-state index in [1.54, 1.807) is 18.2 Å². The standard InChI is InChI=1S/C15H9F5O2S/c16-10-11(17)13(19)15(14(20)12(10)18)22-23-8-4-3-7-2-1-5-21-9(7)6-8/h3-4,6H,1-2,5H2. The third kappa shape index (κ3) is 2.95. The SMILES string of the molecule is Fc1c(F)c(F)c(OSc2ccc3c(c2)OCCC3)c(F)c1F. The molecule has 0 spiro atoms. The average Bonchev–Trinajstić information content (AvgIpc) is 2.58. The molecule has 0 amide bonds. The highest BCUT2D eigenvalue weighted by atomic mass is 32.2. The lowest BCUT2D eigenvalue weighted by atomic mass is 10.1. The molecule has 0 saturated carbocycles. The molecular formula is C15H9F5O2S. The van der Waals surface area contributed by atoms with Gasteiger partial charge in [0.1, 0.15) is 5.75 Å². The van der Waals surface area contributed by atoms with E-state index in [0.29, 0.717) is 29.3 Å². The Morgan fingerprint density at radius 1 is 0.913 bits per heavy atom. The van der Waals surface area contributed by atoms with Gasteiger partial charge in [-0.1, -0.05) is 6.07 Å². The first-order valence-electron chi connectivity index (χ1n) is 6.60. The Bertz CT molecular complexity index is 737. The Kier molecular flexibility index (Phi) is 4.34. The van der Waals surface area contributed by atoms with Crippen molar-refractivity contribution in [1.82, 2.24) is 0 Å². The summed E-state index contributed by atoms with van der Waals surface area (Å²) < 4.78 is 76.3. The van der Waals surface area contributed by atoms with Crippen molar-refractivity contribution in [1.29, 1.82) is 0 Å². The number of hydrogen-bond acceptors (Lipinski definition) is 3. The Balaban J connectivity index is 1.84. The maximum absolute atomic E-state index is 13.5. The lowest BCUT2D eigenvalue weighted by molar-refractivity contribution is 0.287. The second-order valence-corrected chi connectivity index (χ2v) is 5.59. The molecule has 2 aromatic carbocycles. The molecule has 0 aliphatic carbocycles. The normalized spacial score (nSPS) is 13.4. The first-order valence-corrected chi connectivity index (χ1v) is 7.35. The Morgan fingerprint density at radius 3 is 2.26 bits per heavy atom. The van der Waals surface area contributed by atoms with Crippen molar-refractivity contribution in [2.45, 2.75) is 17.7 Å². The molecule has 1 aliphatic heterocycles. The second kappa shape index (κ2) is 6.27. The second-order valence-electron chi connectivity index (χ2n) is 4.79. The number of fused-ring (bicyclic) bond motifs is 1. The first-order chi connectivity index (χ1) is 11.0. The highest BCUT2D eigenvalue weighted by molar-refractivity contribution is 7.95. The lowest BCUT2D eigenvalue weighted by Gasteiger charge is -2.17. The highest BCUT2D eigenvalue weighted by Gasteiger charge is 2.27. The summed E-state index contributed by atoms with van der Waals surface area (Å²) in [7, 11) is 0. The average molecular weight is 348 g/mol. The molecule has 0 N–H and O–H groups in total. The fourth-order valence-electron chi connectivity index (χ4n) is 2.12. The number of ether oxygens (including phenoxy) is 1. The zero-order valence-electron chi connectivity index (χ0n) is 11.5. The summed E-state index contributed by atoms with van der Waals surface area (Å²) in [5.41, 5.74) is 0.983. The van der Waals surface area contributed by atoms with Crippen molar-refractivity contribution in [2.75, 3.05) is 6.61 Å². The van der Waals surface area contributed by atoms with Crippen LogP contribution in [0.2, 0.25) is 0 Å². The molecule has 122 valence electrons. The molecule has 8 heteroatoms. The van der Waals surface area contributed by atoms with Crippen LogP contribution in [0.15, 0.2) is 23.1 Å². The largest absolute Gasteiger partial charge is 0.493 e. The van der Waals surface area contributed by atoms with Crippen molar-refractivity contribution < 1.29 is 30.9 Å². The molecular weight excluding hydrogens is 339 g/mol. The number of benzene rings is 2. The highest BCUT2D eigenvalue weighted by Crippen LogP contribution is 2.35. The van der Waals surface area contributed by atoms with Gasteiger partial charge < -0.3 is 8.92 Å². The Morgan fingerprint density at radius 2 is 1.57 bits per heavy atom. The summed E-state index contributed by atoms with van der Waals surface area (Å²) in [5, 5.41) is 0. The number of aryl methyl sites for hydroxylation is 1. The van der Waals surface area contributed by atoms with Crippen LogP contribution in [0, 0.1) is 29.1 Å². The van der Waals surface area contributed by atoms with Crippen LogP contribution in [0.3, 0.4) is 0 Å². The van der Waals surface area contributed by atoms with E-state index in [1.165, 1.54) is 0 Å². The molecule has 0 fully saturated rings. The van der Waals surface area contributed by atoms with Crippen molar-refractivity contribution in [2.24, 2.45) is 0 Å². The molecule has 0 bridgehead atoms. The van der Waals surface area contributed by atoms with Crippen molar-refractivity contribution >= 4 is 12.0 Å². The molecule has 2 nitrogen and oxygen atoms in total. The van der Waals surface area contributed by atoms with E-state index in [1.807, 2.05) is 0 Å². The molecule has 0 radical (unpaired) electrons. The third-order valence-corrected chi connectivity index (χ3v) is 3.97. The fourth-order valence-corrected chi connectivity index (χ4v) is 2.72. The summed E-state index contributed by atoms with van der Waals surface area (Å²) in [6.45, 7) is 0.555. The molecule has 23 heavy (non-hydrogen) atoms. The monoisotopic (exact) mass is 348 g/mol. The zero-order valence-corrected chi connectivity index (χ0v) is 12.3. The quantitative estimate of drug-likeness (QED) is 0.344. The molecule has 1 heterocycles. The summed E-state index contributed by atoms with van der Waals surface area (Å²) in [6.07, 6.45) is 1.74. The van der Waals surface area contributed by atoms with E-state index >= 15 is 0 Å². The first kappa shape index (κ1) is 15.9. The Hall–Kier alpha value is -1.96. The lowest BCUT2D eigenvalue weighted by Crippen LogP contribution is -2.08. The number of halogens is 5. The van der Waals surface area contributed by atoms with E-state index in [4.69, 9.17) is 8.92 Å². The van der Waals surface area contributed by atoms with E-state index in [0.717, 1.165) is 18.4 Å². The minimum atomic E-state index is -2.22. The van der Waals surface area contributed by atoms with Gasteiger partial charge in [0.2, 0.25) is 34.8 Å². The van der Waals surface area contributed by atoms with Gasteiger partial charge in [0, 0.05) is 0 Å². The molecule has 0 aromatic heterocycles.